The molecule has 0 saturated carbocycles. The number of benzene rings is 1. The fourth-order valence-electron chi connectivity index (χ4n) is 3.16. The van der Waals surface area contributed by atoms with Gasteiger partial charge >= 0.3 is 0 Å². The Morgan fingerprint density at radius 2 is 2.19 bits per heavy atom. The first-order valence-corrected chi connectivity index (χ1v) is 7.02. The average Bonchev–Trinajstić information content (AvgIpc) is 2.81. The number of halogens is 2. The van der Waals surface area contributed by atoms with Crippen LogP contribution < -0.4 is 0 Å². The summed E-state index contributed by atoms with van der Waals surface area (Å²) in [5, 5.41) is 13.4. The normalized spacial score (nSPS) is 17.3. The van der Waals surface area contributed by atoms with Crippen LogP contribution in [0.5, 0.6) is 0 Å². The number of nitrogens with zero attached hydrogens (tertiary/aromatic N) is 3. The molecule has 0 bridgehead atoms. The second-order valence-electron chi connectivity index (χ2n) is 5.41. The van der Waals surface area contributed by atoms with Crippen molar-refractivity contribution in [3.05, 3.63) is 46.8 Å². The Labute approximate surface area is 121 Å². The molecular formula is C16H15F2N3. The van der Waals surface area contributed by atoms with Gasteiger partial charge < -0.3 is 0 Å². The van der Waals surface area contributed by atoms with Crippen LogP contribution in [0.15, 0.2) is 18.2 Å². The summed E-state index contributed by atoms with van der Waals surface area (Å²) in [7, 11) is 0. The Kier molecular flexibility index (Phi) is 3.46. The molecule has 1 aliphatic rings. The molecule has 1 aromatic heterocycles. The molecule has 0 N–H and O–H groups in total. The summed E-state index contributed by atoms with van der Waals surface area (Å²) in [4.78, 5) is 0. The van der Waals surface area contributed by atoms with Gasteiger partial charge in [-0.3, -0.25) is 0 Å². The van der Waals surface area contributed by atoms with Gasteiger partial charge in [0, 0.05) is 29.7 Å². The lowest BCUT2D eigenvalue weighted by Crippen LogP contribution is -2.12. The van der Waals surface area contributed by atoms with Crippen molar-refractivity contribution in [2.45, 2.75) is 38.5 Å². The lowest BCUT2D eigenvalue weighted by Gasteiger charge is -2.21. The maximum absolute atomic E-state index is 13.4. The highest BCUT2D eigenvalue weighted by Gasteiger charge is 2.27. The van der Waals surface area contributed by atoms with Crippen molar-refractivity contribution < 1.29 is 8.78 Å². The largest absolute Gasteiger partial charge is 0.237 e. The molecule has 21 heavy (non-hydrogen) atoms. The zero-order valence-corrected chi connectivity index (χ0v) is 11.7. The molecule has 1 atom stereocenters. The van der Waals surface area contributed by atoms with E-state index in [0.717, 1.165) is 48.3 Å². The van der Waals surface area contributed by atoms with Crippen molar-refractivity contribution in [3.8, 4) is 11.8 Å². The van der Waals surface area contributed by atoms with Gasteiger partial charge in [-0.05, 0) is 38.3 Å². The number of aromatic nitrogens is 2. The third-order valence-electron chi connectivity index (χ3n) is 4.07. The highest BCUT2D eigenvalue weighted by atomic mass is 19.2. The van der Waals surface area contributed by atoms with Crippen molar-refractivity contribution in [2.75, 3.05) is 0 Å². The van der Waals surface area contributed by atoms with Crippen LogP contribution in [0, 0.1) is 29.9 Å². The highest BCUT2D eigenvalue weighted by Crippen LogP contribution is 2.37. The van der Waals surface area contributed by atoms with E-state index in [0.29, 0.717) is 12.1 Å². The van der Waals surface area contributed by atoms with Gasteiger partial charge in [0.2, 0.25) is 0 Å². The van der Waals surface area contributed by atoms with E-state index in [4.69, 9.17) is 5.26 Å². The standard InChI is InChI=1S/C16H15F2N3/c1-10-16-11(7-8-19)3-2-4-15(16)21(20-10)12-5-6-13(17)14(18)9-12/h5-6,9,11H,2-4,7H2,1H3. The molecule has 2 aromatic rings. The van der Waals surface area contributed by atoms with E-state index < -0.39 is 11.6 Å². The molecule has 3 nitrogen and oxygen atoms in total. The molecule has 0 amide bonds. The summed E-state index contributed by atoms with van der Waals surface area (Å²) in [5.74, 6) is -1.55. The first-order chi connectivity index (χ1) is 10.1. The Hall–Kier alpha value is -2.22. The van der Waals surface area contributed by atoms with Crippen molar-refractivity contribution in [1.82, 2.24) is 9.78 Å². The third kappa shape index (κ3) is 2.31. The molecule has 3 rings (SSSR count). The zero-order valence-electron chi connectivity index (χ0n) is 11.7. The summed E-state index contributed by atoms with van der Waals surface area (Å²) in [6.07, 6.45) is 3.27. The van der Waals surface area contributed by atoms with Crippen molar-refractivity contribution >= 4 is 0 Å². The Balaban J connectivity index is 2.11. The van der Waals surface area contributed by atoms with Crippen LogP contribution in [0.3, 0.4) is 0 Å². The van der Waals surface area contributed by atoms with E-state index in [9.17, 15) is 8.78 Å². The second kappa shape index (κ2) is 5.28. The Morgan fingerprint density at radius 1 is 1.38 bits per heavy atom. The molecule has 5 heteroatoms. The molecule has 1 aromatic carbocycles. The van der Waals surface area contributed by atoms with Crippen molar-refractivity contribution in [2.24, 2.45) is 0 Å². The molecule has 0 aliphatic heterocycles. The van der Waals surface area contributed by atoms with E-state index in [1.165, 1.54) is 6.07 Å². The summed E-state index contributed by atoms with van der Waals surface area (Å²) >= 11 is 0. The van der Waals surface area contributed by atoms with Crippen molar-refractivity contribution in [1.29, 1.82) is 5.26 Å². The topological polar surface area (TPSA) is 41.6 Å². The Morgan fingerprint density at radius 3 is 2.90 bits per heavy atom. The minimum atomic E-state index is -0.876. The van der Waals surface area contributed by atoms with Crippen LogP contribution in [-0.4, -0.2) is 9.78 Å². The summed E-state index contributed by atoms with van der Waals surface area (Å²) in [6, 6.07) is 6.03. The van der Waals surface area contributed by atoms with Gasteiger partial charge in [0.25, 0.3) is 0 Å². The second-order valence-corrected chi connectivity index (χ2v) is 5.41. The summed E-state index contributed by atoms with van der Waals surface area (Å²) in [6.45, 7) is 1.91. The first-order valence-electron chi connectivity index (χ1n) is 7.02. The summed E-state index contributed by atoms with van der Waals surface area (Å²) < 4.78 is 28.2. The van der Waals surface area contributed by atoms with Crippen LogP contribution in [0.4, 0.5) is 8.78 Å². The third-order valence-corrected chi connectivity index (χ3v) is 4.07. The molecule has 0 saturated heterocycles. The molecule has 0 spiro atoms. The molecule has 1 aliphatic carbocycles. The quantitative estimate of drug-likeness (QED) is 0.843. The van der Waals surface area contributed by atoms with Crippen LogP contribution in [0.2, 0.25) is 0 Å². The van der Waals surface area contributed by atoms with Gasteiger partial charge in [0.1, 0.15) is 0 Å². The molecule has 108 valence electrons. The monoisotopic (exact) mass is 287 g/mol. The number of hydrogen-bond acceptors (Lipinski definition) is 2. The SMILES string of the molecule is Cc1nn(-c2ccc(F)c(F)c2)c2c1C(CC#N)CCC2. The van der Waals surface area contributed by atoms with E-state index in [1.54, 1.807) is 4.68 Å². The zero-order chi connectivity index (χ0) is 15.0. The number of fused-ring (bicyclic) bond motifs is 1. The molecule has 0 fully saturated rings. The number of hydrogen-bond donors (Lipinski definition) is 0. The predicted molar refractivity (Wildman–Crippen MR) is 74.1 cm³/mol. The maximum atomic E-state index is 13.4. The number of nitriles is 1. The lowest BCUT2D eigenvalue weighted by molar-refractivity contribution is 0.506. The minimum absolute atomic E-state index is 0.192. The van der Waals surface area contributed by atoms with Crippen LogP contribution in [0.25, 0.3) is 5.69 Å². The molecular weight excluding hydrogens is 272 g/mol. The maximum Gasteiger partial charge on any atom is 0.160 e. The van der Waals surface area contributed by atoms with Gasteiger partial charge in [-0.15, -0.1) is 0 Å². The van der Waals surface area contributed by atoms with Gasteiger partial charge in [-0.1, -0.05) is 0 Å². The van der Waals surface area contributed by atoms with Crippen molar-refractivity contribution in [3.63, 3.8) is 0 Å². The smallest absolute Gasteiger partial charge is 0.160 e. The van der Waals surface area contributed by atoms with E-state index in [1.807, 2.05) is 6.92 Å². The van der Waals surface area contributed by atoms with Crippen LogP contribution >= 0.6 is 0 Å². The van der Waals surface area contributed by atoms with E-state index in [2.05, 4.69) is 11.2 Å². The fourth-order valence-corrected chi connectivity index (χ4v) is 3.16. The average molecular weight is 287 g/mol. The highest BCUT2D eigenvalue weighted by molar-refractivity contribution is 5.41. The lowest BCUT2D eigenvalue weighted by atomic mass is 9.83. The minimum Gasteiger partial charge on any atom is -0.237 e. The first kappa shape index (κ1) is 13.7. The van der Waals surface area contributed by atoms with E-state index in [-0.39, 0.29) is 5.92 Å². The van der Waals surface area contributed by atoms with Crippen LogP contribution in [0.1, 0.15) is 42.1 Å². The number of rotatable bonds is 2. The molecule has 1 unspecified atom stereocenters. The van der Waals surface area contributed by atoms with Gasteiger partial charge in [0.05, 0.1) is 17.5 Å². The molecule has 0 radical (unpaired) electrons. The van der Waals surface area contributed by atoms with Gasteiger partial charge in [-0.2, -0.15) is 10.4 Å². The van der Waals surface area contributed by atoms with Crippen LogP contribution in [-0.2, 0) is 6.42 Å². The van der Waals surface area contributed by atoms with E-state index >= 15 is 0 Å². The van der Waals surface area contributed by atoms with Gasteiger partial charge in [0.15, 0.2) is 11.6 Å². The van der Waals surface area contributed by atoms with Gasteiger partial charge in [-0.25, -0.2) is 13.5 Å². The molecule has 1 heterocycles. The fraction of sp³-hybridized carbons (Fsp3) is 0.375. The Bertz CT molecular complexity index is 728. The predicted octanol–water partition coefficient (Wildman–Crippen LogP) is 3.79. The number of aryl methyl sites for hydroxylation is 1. The summed E-state index contributed by atoms with van der Waals surface area (Å²) in [5.41, 5.74) is 3.52.